The lowest BCUT2D eigenvalue weighted by Gasteiger charge is -2.00. The van der Waals surface area contributed by atoms with Gasteiger partial charge in [-0.25, -0.2) is 4.39 Å². The molecule has 0 saturated carbocycles. The third kappa shape index (κ3) is 7.08. The summed E-state index contributed by atoms with van der Waals surface area (Å²) in [7, 11) is 0. The summed E-state index contributed by atoms with van der Waals surface area (Å²) >= 11 is 3.21. The Hall–Kier alpha value is -0.900. The number of benzene rings is 1. The minimum atomic E-state index is -0.250. The fourth-order valence-corrected chi connectivity index (χ4v) is 1.32. The number of halogens is 2. The van der Waals surface area contributed by atoms with Gasteiger partial charge in [-0.1, -0.05) is 29.8 Å². The monoisotopic (exact) mass is 278 g/mol. The molecule has 86 valence electrons. The van der Waals surface area contributed by atoms with Gasteiger partial charge in [0.1, 0.15) is 5.82 Å². The zero-order chi connectivity index (χ0) is 12.4. The third-order valence-corrected chi connectivity index (χ3v) is 2.03. The van der Waals surface area contributed by atoms with Gasteiger partial charge in [0.2, 0.25) is 0 Å². The molecule has 0 heterocycles. The first-order valence-electron chi connectivity index (χ1n) is 4.53. The van der Waals surface area contributed by atoms with Crippen molar-refractivity contribution in [3.8, 4) is 0 Å². The number of hydrogen-bond donors (Lipinski definition) is 1. The van der Waals surface area contributed by atoms with E-state index in [0.29, 0.717) is 0 Å². The first kappa shape index (κ1) is 16.5. The van der Waals surface area contributed by atoms with Crippen LogP contribution < -0.4 is 0 Å². The van der Waals surface area contributed by atoms with Gasteiger partial charge in [-0.3, -0.25) is 4.79 Å². The van der Waals surface area contributed by atoms with E-state index in [1.165, 1.54) is 6.07 Å². The highest BCUT2D eigenvalue weighted by Crippen LogP contribution is 2.18. The number of carboxylic acid groups (broad SMARTS) is 1. The van der Waals surface area contributed by atoms with E-state index in [2.05, 4.69) is 15.9 Å². The fourth-order valence-electron chi connectivity index (χ4n) is 0.774. The Balaban J connectivity index is 0. The molecular weight excluding hydrogens is 263 g/mol. The van der Waals surface area contributed by atoms with E-state index < -0.39 is 0 Å². The van der Waals surface area contributed by atoms with Crippen molar-refractivity contribution in [3.63, 3.8) is 0 Å². The summed E-state index contributed by atoms with van der Waals surface area (Å²) in [6.07, 6.45) is 0. The quantitative estimate of drug-likeness (QED) is 0.730. The molecule has 1 aromatic rings. The lowest BCUT2D eigenvalue weighted by molar-refractivity contribution is -0.122. The van der Waals surface area contributed by atoms with Gasteiger partial charge in [0.25, 0.3) is 6.47 Å². The molecule has 0 aliphatic rings. The van der Waals surface area contributed by atoms with Gasteiger partial charge in [-0.2, -0.15) is 0 Å². The normalized spacial score (nSPS) is 7.87. The van der Waals surface area contributed by atoms with Crippen LogP contribution in [0.1, 0.15) is 25.0 Å². The molecule has 0 amide bonds. The smallest absolute Gasteiger partial charge is 0.290 e. The molecule has 0 spiro atoms. The highest BCUT2D eigenvalue weighted by Gasteiger charge is 2.00. The molecule has 0 saturated heterocycles. The van der Waals surface area contributed by atoms with E-state index in [4.69, 9.17) is 9.90 Å². The summed E-state index contributed by atoms with van der Waals surface area (Å²) < 4.78 is 13.6. The molecule has 0 aromatic heterocycles. The maximum atomic E-state index is 12.8. The van der Waals surface area contributed by atoms with Gasteiger partial charge in [0.15, 0.2) is 0 Å². The summed E-state index contributed by atoms with van der Waals surface area (Å²) in [5, 5.41) is 6.89. The van der Waals surface area contributed by atoms with Crippen molar-refractivity contribution in [3.05, 3.63) is 33.5 Å². The predicted molar refractivity (Wildman–Crippen MR) is 63.6 cm³/mol. The molecule has 4 heteroatoms. The fraction of sp³-hybridized carbons (Fsp3) is 0.364. The molecule has 0 bridgehead atoms. The lowest BCUT2D eigenvalue weighted by atomic mass is 10.1. The maximum absolute atomic E-state index is 12.8. The van der Waals surface area contributed by atoms with E-state index in [0.717, 1.165) is 15.6 Å². The second-order valence-corrected chi connectivity index (χ2v) is 3.35. The molecule has 0 unspecified atom stereocenters. The van der Waals surface area contributed by atoms with Crippen LogP contribution >= 0.6 is 15.9 Å². The molecule has 2 nitrogen and oxygen atoms in total. The van der Waals surface area contributed by atoms with Crippen LogP contribution in [0.25, 0.3) is 0 Å². The Morgan fingerprint density at radius 1 is 1.33 bits per heavy atom. The molecule has 0 fully saturated rings. The van der Waals surface area contributed by atoms with Gasteiger partial charge in [0, 0.05) is 4.47 Å². The first-order chi connectivity index (χ1) is 7.02. The van der Waals surface area contributed by atoms with Crippen molar-refractivity contribution in [1.29, 1.82) is 0 Å². The van der Waals surface area contributed by atoms with Crippen LogP contribution in [0.2, 0.25) is 0 Å². The van der Waals surface area contributed by atoms with Gasteiger partial charge in [-0.15, -0.1) is 0 Å². The molecule has 15 heavy (non-hydrogen) atoms. The Kier molecular flexibility index (Phi) is 10.6. The molecule has 1 aromatic carbocycles. The van der Waals surface area contributed by atoms with Crippen molar-refractivity contribution in [2.75, 3.05) is 0 Å². The Morgan fingerprint density at radius 2 is 1.73 bits per heavy atom. The zero-order valence-corrected chi connectivity index (χ0v) is 10.9. The molecule has 0 aliphatic heterocycles. The number of carbonyl (C=O) groups is 1. The molecule has 0 radical (unpaired) electrons. The van der Waals surface area contributed by atoms with E-state index in [1.54, 1.807) is 6.92 Å². The molecule has 0 aliphatic carbocycles. The molecule has 1 rings (SSSR count). The summed E-state index contributed by atoms with van der Waals surface area (Å²) in [5.41, 5.74) is 1.70. The highest BCUT2D eigenvalue weighted by atomic mass is 79.9. The standard InChI is InChI=1S/C8H8BrF.C2H6.CH2O2/c1-5-3-7(9)4-8(10)6(5)2;1-2;2-1-3/h3-4H,1-2H3;1-2H3;1H,(H,2,3). The van der Waals surface area contributed by atoms with Gasteiger partial charge in [-0.05, 0) is 37.1 Å². The number of rotatable bonds is 0. The van der Waals surface area contributed by atoms with E-state index in [9.17, 15) is 4.39 Å². The van der Waals surface area contributed by atoms with Crippen LogP contribution in [0.15, 0.2) is 16.6 Å². The largest absolute Gasteiger partial charge is 0.483 e. The summed E-state index contributed by atoms with van der Waals surface area (Å²) in [4.78, 5) is 8.36. The lowest BCUT2D eigenvalue weighted by Crippen LogP contribution is -1.86. The highest BCUT2D eigenvalue weighted by molar-refractivity contribution is 9.10. The Morgan fingerprint density at radius 3 is 2.07 bits per heavy atom. The van der Waals surface area contributed by atoms with Crippen molar-refractivity contribution in [1.82, 2.24) is 0 Å². The van der Waals surface area contributed by atoms with Crippen molar-refractivity contribution >= 4 is 22.4 Å². The van der Waals surface area contributed by atoms with E-state index in [-0.39, 0.29) is 12.3 Å². The van der Waals surface area contributed by atoms with Crippen molar-refractivity contribution in [2.45, 2.75) is 27.7 Å². The average molecular weight is 279 g/mol. The third-order valence-electron chi connectivity index (χ3n) is 1.57. The minimum Gasteiger partial charge on any atom is -0.483 e. The van der Waals surface area contributed by atoms with Gasteiger partial charge < -0.3 is 5.11 Å². The average Bonchev–Trinajstić information content (AvgIpc) is 2.18. The van der Waals surface area contributed by atoms with Gasteiger partial charge >= 0.3 is 0 Å². The van der Waals surface area contributed by atoms with Crippen LogP contribution in [0, 0.1) is 19.7 Å². The van der Waals surface area contributed by atoms with Gasteiger partial charge in [0.05, 0.1) is 0 Å². The van der Waals surface area contributed by atoms with Crippen LogP contribution in [-0.2, 0) is 4.79 Å². The first-order valence-corrected chi connectivity index (χ1v) is 5.32. The Bertz CT molecular complexity index is 278. The van der Waals surface area contributed by atoms with Crippen LogP contribution in [0.3, 0.4) is 0 Å². The summed E-state index contributed by atoms with van der Waals surface area (Å²) in [6.45, 7) is 7.42. The SMILES string of the molecule is CC.Cc1cc(Br)cc(F)c1C.O=CO. The minimum absolute atomic E-state index is 0.146. The van der Waals surface area contributed by atoms with Crippen LogP contribution in [0.4, 0.5) is 4.39 Å². The predicted octanol–water partition coefficient (Wildman–Crippen LogP) is 3.93. The summed E-state index contributed by atoms with van der Waals surface area (Å²) in [5.74, 6) is -0.146. The zero-order valence-electron chi connectivity index (χ0n) is 9.34. The Labute approximate surface area is 98.3 Å². The number of aryl methyl sites for hydroxylation is 1. The van der Waals surface area contributed by atoms with Crippen molar-refractivity contribution in [2.24, 2.45) is 0 Å². The summed E-state index contributed by atoms with van der Waals surface area (Å²) in [6, 6.07) is 3.38. The molecule has 1 N–H and O–H groups in total. The number of hydrogen-bond acceptors (Lipinski definition) is 1. The second-order valence-electron chi connectivity index (χ2n) is 2.43. The molecular formula is C11H16BrFO2. The molecule has 0 atom stereocenters. The maximum Gasteiger partial charge on any atom is 0.290 e. The van der Waals surface area contributed by atoms with E-state index in [1.807, 2.05) is 26.8 Å². The van der Waals surface area contributed by atoms with E-state index >= 15 is 0 Å². The second kappa shape index (κ2) is 9.65. The van der Waals surface area contributed by atoms with Crippen LogP contribution in [-0.4, -0.2) is 11.6 Å². The topological polar surface area (TPSA) is 37.3 Å². The van der Waals surface area contributed by atoms with Crippen molar-refractivity contribution < 1.29 is 14.3 Å². The van der Waals surface area contributed by atoms with Crippen LogP contribution in [0.5, 0.6) is 0 Å².